The van der Waals surface area contributed by atoms with Gasteiger partial charge in [-0.2, -0.15) is 0 Å². The van der Waals surface area contributed by atoms with Gasteiger partial charge in [-0.1, -0.05) is 30.3 Å². The van der Waals surface area contributed by atoms with Crippen molar-refractivity contribution in [3.8, 4) is 5.75 Å². The predicted octanol–water partition coefficient (Wildman–Crippen LogP) is 3.91. The zero-order chi connectivity index (χ0) is 15.5. The Morgan fingerprint density at radius 1 is 1.18 bits per heavy atom. The number of fused-ring (bicyclic) bond motifs is 1. The molecule has 4 heteroatoms. The second-order valence-electron chi connectivity index (χ2n) is 5.10. The second kappa shape index (κ2) is 6.02. The quantitative estimate of drug-likeness (QED) is 0.806. The maximum atomic E-state index is 12.9. The summed E-state index contributed by atoms with van der Waals surface area (Å²) in [6.45, 7) is 1.94. The minimum atomic E-state index is -0.453. The average molecular weight is 298 g/mol. The van der Waals surface area contributed by atoms with Crippen LogP contribution < -0.4 is 4.74 Å². The summed E-state index contributed by atoms with van der Waals surface area (Å²) in [6, 6.07) is 13.4. The van der Waals surface area contributed by atoms with Crippen LogP contribution in [0.4, 0.5) is 4.39 Å². The molecule has 0 aliphatic carbocycles. The van der Waals surface area contributed by atoms with Crippen LogP contribution in [0, 0.1) is 5.82 Å². The van der Waals surface area contributed by atoms with Gasteiger partial charge in [0, 0.05) is 5.56 Å². The first kappa shape index (κ1) is 14.3. The Hall–Kier alpha value is -2.62. The summed E-state index contributed by atoms with van der Waals surface area (Å²) in [5.74, 6) is 0.0132. The number of benzene rings is 2. The molecule has 2 aromatic rings. The average Bonchev–Trinajstić information content (AvgIpc) is 2.55. The van der Waals surface area contributed by atoms with Crippen molar-refractivity contribution in [2.45, 2.75) is 13.0 Å². The Kier molecular flexibility index (Phi) is 3.92. The zero-order valence-electron chi connectivity index (χ0n) is 12.1. The fourth-order valence-corrected chi connectivity index (χ4v) is 2.27. The number of hydrogen-bond donors (Lipinski definition) is 0. The van der Waals surface area contributed by atoms with Crippen LogP contribution in [0.3, 0.4) is 0 Å². The number of carbonyl (C=O) groups is 1. The Balaban J connectivity index is 1.72. The van der Waals surface area contributed by atoms with E-state index in [1.54, 1.807) is 25.1 Å². The lowest BCUT2D eigenvalue weighted by atomic mass is 10.1. The van der Waals surface area contributed by atoms with Gasteiger partial charge in [-0.25, -0.2) is 9.18 Å². The van der Waals surface area contributed by atoms with Crippen molar-refractivity contribution in [3.63, 3.8) is 0 Å². The van der Waals surface area contributed by atoms with Crippen LogP contribution in [0.15, 0.2) is 54.1 Å². The molecule has 0 bridgehead atoms. The minimum absolute atomic E-state index is 0.186. The van der Waals surface area contributed by atoms with E-state index in [0.29, 0.717) is 5.57 Å². The Labute approximate surface area is 128 Å². The standard InChI is InChI=1S/C18H15FO3/c1-12(13-6-8-16(19)9-7-13)22-18(20)15-10-14-4-2-3-5-17(14)21-11-15/h2-10,12H,11H2,1H3. The SMILES string of the molecule is CC(OC(=O)C1=Cc2ccccc2OC1)c1ccc(F)cc1. The van der Waals surface area contributed by atoms with Crippen LogP contribution >= 0.6 is 0 Å². The van der Waals surface area contributed by atoms with Gasteiger partial charge in [0.15, 0.2) is 0 Å². The molecule has 112 valence electrons. The summed E-state index contributed by atoms with van der Waals surface area (Å²) in [5.41, 5.74) is 2.07. The molecule has 0 N–H and O–H groups in total. The fraction of sp³-hybridized carbons (Fsp3) is 0.167. The van der Waals surface area contributed by atoms with Gasteiger partial charge in [0.2, 0.25) is 0 Å². The zero-order valence-corrected chi connectivity index (χ0v) is 12.1. The molecule has 3 rings (SSSR count). The number of hydrogen-bond acceptors (Lipinski definition) is 3. The molecule has 3 nitrogen and oxygen atoms in total. The first-order valence-electron chi connectivity index (χ1n) is 7.02. The third-order valence-electron chi connectivity index (χ3n) is 3.52. The number of esters is 1. The molecule has 2 aromatic carbocycles. The highest BCUT2D eigenvalue weighted by Crippen LogP contribution is 2.27. The molecule has 0 amide bonds. The molecular weight excluding hydrogens is 283 g/mol. The lowest BCUT2D eigenvalue weighted by molar-refractivity contribution is -0.144. The van der Waals surface area contributed by atoms with Gasteiger partial charge in [0.05, 0.1) is 5.57 Å². The summed E-state index contributed by atoms with van der Waals surface area (Å²) in [7, 11) is 0. The monoisotopic (exact) mass is 298 g/mol. The maximum absolute atomic E-state index is 12.9. The molecule has 0 saturated heterocycles. The second-order valence-corrected chi connectivity index (χ2v) is 5.10. The summed E-state index contributed by atoms with van der Waals surface area (Å²) >= 11 is 0. The lowest BCUT2D eigenvalue weighted by Gasteiger charge is -2.19. The van der Waals surface area contributed by atoms with Crippen molar-refractivity contribution in [1.82, 2.24) is 0 Å². The molecule has 1 aliphatic heterocycles. The van der Waals surface area contributed by atoms with E-state index in [9.17, 15) is 9.18 Å². The molecule has 1 unspecified atom stereocenters. The predicted molar refractivity (Wildman–Crippen MR) is 80.8 cm³/mol. The number of halogens is 1. The first-order valence-corrected chi connectivity index (χ1v) is 7.02. The molecule has 0 spiro atoms. The molecule has 0 saturated carbocycles. The van der Waals surface area contributed by atoms with Gasteiger partial charge < -0.3 is 9.47 Å². The van der Waals surface area contributed by atoms with Crippen LogP contribution in [-0.4, -0.2) is 12.6 Å². The Morgan fingerprint density at radius 2 is 1.91 bits per heavy atom. The van der Waals surface area contributed by atoms with Crippen LogP contribution in [0.25, 0.3) is 6.08 Å². The molecule has 1 aliphatic rings. The van der Waals surface area contributed by atoms with Crippen LogP contribution in [-0.2, 0) is 9.53 Å². The summed E-state index contributed by atoms with van der Waals surface area (Å²) in [5, 5.41) is 0. The van der Waals surface area contributed by atoms with Crippen LogP contribution in [0.5, 0.6) is 5.75 Å². The smallest absolute Gasteiger partial charge is 0.338 e. The van der Waals surface area contributed by atoms with Crippen molar-refractivity contribution >= 4 is 12.0 Å². The van der Waals surface area contributed by atoms with E-state index in [4.69, 9.17) is 9.47 Å². The van der Waals surface area contributed by atoms with Crippen molar-refractivity contribution in [2.24, 2.45) is 0 Å². The number of para-hydroxylation sites is 1. The van der Waals surface area contributed by atoms with E-state index in [2.05, 4.69) is 0 Å². The molecule has 1 heterocycles. The van der Waals surface area contributed by atoms with Crippen molar-refractivity contribution in [2.75, 3.05) is 6.61 Å². The molecule has 1 atom stereocenters. The highest BCUT2D eigenvalue weighted by molar-refractivity contribution is 5.95. The highest BCUT2D eigenvalue weighted by Gasteiger charge is 2.20. The van der Waals surface area contributed by atoms with Gasteiger partial charge in [-0.05, 0) is 36.8 Å². The van der Waals surface area contributed by atoms with E-state index >= 15 is 0 Å². The molecule has 0 aromatic heterocycles. The Bertz CT molecular complexity index is 719. The molecule has 0 radical (unpaired) electrons. The van der Waals surface area contributed by atoms with Gasteiger partial charge >= 0.3 is 5.97 Å². The van der Waals surface area contributed by atoms with Crippen LogP contribution in [0.2, 0.25) is 0 Å². The summed E-state index contributed by atoms with van der Waals surface area (Å²) < 4.78 is 23.9. The normalized spacial score (nSPS) is 14.4. The molecule has 22 heavy (non-hydrogen) atoms. The van der Waals surface area contributed by atoms with Crippen molar-refractivity contribution < 1.29 is 18.7 Å². The van der Waals surface area contributed by atoms with Crippen molar-refractivity contribution in [1.29, 1.82) is 0 Å². The van der Waals surface area contributed by atoms with Gasteiger partial charge in [-0.3, -0.25) is 0 Å². The van der Waals surface area contributed by atoms with E-state index in [1.165, 1.54) is 12.1 Å². The fourth-order valence-electron chi connectivity index (χ4n) is 2.27. The minimum Gasteiger partial charge on any atom is -0.488 e. The largest absolute Gasteiger partial charge is 0.488 e. The van der Waals surface area contributed by atoms with E-state index in [1.807, 2.05) is 24.3 Å². The summed E-state index contributed by atoms with van der Waals surface area (Å²) in [4.78, 5) is 12.2. The number of ether oxygens (including phenoxy) is 2. The maximum Gasteiger partial charge on any atom is 0.338 e. The third kappa shape index (κ3) is 3.01. The number of carbonyl (C=O) groups excluding carboxylic acids is 1. The van der Waals surface area contributed by atoms with E-state index in [0.717, 1.165) is 16.9 Å². The topological polar surface area (TPSA) is 35.5 Å². The molecular formula is C18H15FO3. The van der Waals surface area contributed by atoms with Gasteiger partial charge in [0.1, 0.15) is 24.3 Å². The van der Waals surface area contributed by atoms with Crippen LogP contribution in [0.1, 0.15) is 24.2 Å². The van der Waals surface area contributed by atoms with Gasteiger partial charge in [-0.15, -0.1) is 0 Å². The lowest BCUT2D eigenvalue weighted by Crippen LogP contribution is -2.18. The highest BCUT2D eigenvalue weighted by atomic mass is 19.1. The van der Waals surface area contributed by atoms with Gasteiger partial charge in [0.25, 0.3) is 0 Å². The first-order chi connectivity index (χ1) is 10.6. The van der Waals surface area contributed by atoms with Crippen molar-refractivity contribution in [3.05, 3.63) is 71.0 Å². The van der Waals surface area contributed by atoms with E-state index < -0.39 is 12.1 Å². The third-order valence-corrected chi connectivity index (χ3v) is 3.52. The van der Waals surface area contributed by atoms with E-state index in [-0.39, 0.29) is 12.4 Å². The molecule has 0 fully saturated rings. The Morgan fingerprint density at radius 3 is 2.68 bits per heavy atom. The number of rotatable bonds is 3. The summed E-state index contributed by atoms with van der Waals surface area (Å²) in [6.07, 6.45) is 1.32.